The molecule has 4 aliphatic carbocycles. The molecule has 16 atom stereocenters. The molecule has 0 unspecified atom stereocenters. The van der Waals surface area contributed by atoms with Gasteiger partial charge in [0.25, 0.3) is 5.97 Å². The number of hydrogen-bond acceptors (Lipinski definition) is 20. The summed E-state index contributed by atoms with van der Waals surface area (Å²) < 4.78 is 34.7. The third-order valence-corrected chi connectivity index (χ3v) is 24.7. The van der Waals surface area contributed by atoms with Gasteiger partial charge < -0.3 is 68.9 Å². The smallest absolute Gasteiger partial charge is 0.409 e. The number of carboxylic acid groups (broad SMARTS) is 1. The zero-order valence-corrected chi connectivity index (χ0v) is 71.7. The van der Waals surface area contributed by atoms with Crippen molar-refractivity contribution >= 4 is 113 Å². The number of nitrogens with zero attached hydrogens (tertiary/aromatic N) is 3. The second-order valence-corrected chi connectivity index (χ2v) is 32.5. The Hall–Kier alpha value is -7.13. The fraction of sp³-hybridized carbons (Fsp3) is 0.590. The lowest BCUT2D eigenvalue weighted by Crippen LogP contribution is -2.63. The normalized spacial score (nSPS) is 29.1. The zero-order valence-electron chi connectivity index (χ0n) is 67.8. The predicted octanol–water partition coefficient (Wildman–Crippen LogP) is 14.7. The Morgan fingerprint density at radius 2 is 1.38 bits per heavy atom. The number of allylic oxidation sites excluding steroid dienone is 7. The number of ketones is 2. The van der Waals surface area contributed by atoms with E-state index in [1.54, 1.807) is 64.2 Å². The lowest BCUT2D eigenvalue weighted by atomic mass is 9.47. The van der Waals surface area contributed by atoms with E-state index in [4.69, 9.17) is 73.1 Å². The van der Waals surface area contributed by atoms with Gasteiger partial charge in [0.2, 0.25) is 11.8 Å². The van der Waals surface area contributed by atoms with E-state index in [1.807, 2.05) is 50.0 Å². The van der Waals surface area contributed by atoms with E-state index >= 15 is 0 Å². The van der Waals surface area contributed by atoms with Crippen molar-refractivity contribution in [2.24, 2.45) is 46.3 Å². The van der Waals surface area contributed by atoms with Gasteiger partial charge in [-0.2, -0.15) is 0 Å². The number of carbonyl (C=O) groups is 8. The molecule has 7 N–H and O–H groups in total. The number of Topliss-reactive ketones (excluding diaryl/α,β-unsaturated/α-hetero) is 1. The monoisotopic (exact) mass is 1660 g/mol. The number of epoxide rings is 1. The number of carboxylic acids is 1. The largest absolute Gasteiger partial charge is 0.504 e. The van der Waals surface area contributed by atoms with E-state index in [0.29, 0.717) is 60.3 Å². The molecule has 0 spiro atoms. The predicted molar refractivity (Wildman–Crippen MR) is 435 cm³/mol. The van der Waals surface area contributed by atoms with Gasteiger partial charge in [0, 0.05) is 66.2 Å². The molecule has 10 rings (SSSR count). The number of halogens is 5. The number of nitrogens with one attached hydrogen (secondary N) is 1. The zero-order chi connectivity index (χ0) is 82.6. The van der Waals surface area contributed by atoms with Crippen molar-refractivity contribution in [2.45, 2.75) is 227 Å². The van der Waals surface area contributed by atoms with Crippen molar-refractivity contribution in [3.63, 3.8) is 0 Å². The van der Waals surface area contributed by atoms with Crippen LogP contribution in [0, 0.1) is 46.3 Å². The number of phenols is 4. The Morgan fingerprint density at radius 1 is 0.812 bits per heavy atom. The van der Waals surface area contributed by atoms with Crippen LogP contribution >= 0.6 is 59.6 Å². The van der Waals surface area contributed by atoms with Crippen LogP contribution in [-0.2, 0) is 76.5 Å². The number of aliphatic hydroxyl groups is 1. The molecule has 3 amide bonds. The molecule has 0 aromatic heterocycles. The van der Waals surface area contributed by atoms with Crippen LogP contribution in [0.25, 0.3) is 0 Å². The molecule has 624 valence electrons. The molecule has 0 radical (unpaired) electrons. The van der Waals surface area contributed by atoms with Crippen LogP contribution in [-0.4, -0.2) is 182 Å². The number of methoxy groups -OCH3 is 2. The third kappa shape index (κ3) is 22.9. The first-order valence-corrected chi connectivity index (χ1v) is 38.8. The number of anilines is 1. The average Bonchev–Trinajstić information content (AvgIpc) is 1.46. The van der Waals surface area contributed by atoms with Crippen LogP contribution in [0.1, 0.15) is 172 Å². The number of alkyl halides is 2. The topological polar surface area (TPSA) is 338 Å². The van der Waals surface area contributed by atoms with Gasteiger partial charge >= 0.3 is 18.0 Å². The summed E-state index contributed by atoms with van der Waals surface area (Å²) in [6.07, 6.45) is 11.8. The van der Waals surface area contributed by atoms with E-state index in [0.717, 1.165) is 80.8 Å². The fourth-order valence-corrected chi connectivity index (χ4v) is 17.7. The van der Waals surface area contributed by atoms with Crippen molar-refractivity contribution in [3.8, 4) is 28.7 Å². The number of phenolic OH excluding ortho intramolecular Hbond substituents is 4. The number of ether oxygens (including phenoxy) is 6. The highest BCUT2D eigenvalue weighted by molar-refractivity contribution is 6.43. The molecular weight excluding hydrogens is 1550 g/mol. The maximum Gasteiger partial charge on any atom is 0.409 e. The Labute approximate surface area is 686 Å². The Bertz CT molecular complexity index is 3920. The molecule has 7 aliphatic rings. The quantitative estimate of drug-likeness (QED) is 0.0186. The summed E-state index contributed by atoms with van der Waals surface area (Å²) in [6.45, 7) is 29.1. The maximum atomic E-state index is 14.0. The van der Waals surface area contributed by atoms with Crippen molar-refractivity contribution in [1.82, 2.24) is 15.1 Å². The standard InChI is InChI=1S/C34H46ClN3O10.C24H32O4.C18H22O4.C5H11Cl2N.C2H4O2.2ClH/c1-18-11-10-12-26(45-9)34(43)17-25(46-32(42)36-34)19(2)30-33(5,48-30)27(47-31(41)20(3)37(6)21(4)39)16-28(40)38(7)23-14-22(13-18)15-24(44-8)29(23)35;1-14-12-18-19(22(4)9-6-17(27)13-21(14)22)7-10-23(5)20(18)8-11-24(23,15(2)25)28-16(3)26;1-11(7-13-3-5-15(19)17(21)9-13)12(2)8-14-4-6-16(20)18(22)10-14;1-3-8(4-2)5(6)7;1-2(3)4;;/h10-12,14-15,19-20,25-27,30,43H,13,16-17H2,1-9H3,(H,36,42);12-13,18-20H,6-11H2,1-5H3;3-6,9-12,19-22H,7-8H2,1-2H3;5H,3-4H2,1-2H3;1H3,(H,3,4);2*1H/b12-10-,18-11-;;;;;;/t19-,20+,25+,26-,27+,30+,33+,34+;18-,19+,20+,22-,23+,24+;11-,12+;;;;/m11...../s1. The van der Waals surface area contributed by atoms with Gasteiger partial charge in [-0.3, -0.25) is 39.0 Å². The SMILES string of the molecule is CC(=O)O.CC(=O)O[C@]1(C(C)=O)CC[C@H]2[C@@H]3C=C(C)C4=CC(=O)CC[C@]4(C)[C@H]3CC[C@@]21C.CCN(CC)C(Cl)Cl.COc1cc2cc(c1Cl)N(C)C(=O)C[C@H](OC(=O)[C@H](C)N(C)C(C)=O)[C@]1(C)O[C@H]1[C@H](C)[C@@H]1C[C@@](O)(NC(=O)O1)[C@H](OC)/C=C\C=C(\C)C2.C[C@H](Cc1ccc(O)c(O)c1)[C@@H](C)Cc1ccc(O)c(O)c1.Cl.Cl. The first kappa shape index (κ1) is 97.2. The summed E-state index contributed by atoms with van der Waals surface area (Å²) in [5, 5.41) is 59.6. The Kier molecular flexibility index (Phi) is 35.5. The maximum absolute atomic E-state index is 14.0. The Balaban J connectivity index is 0.000000349. The summed E-state index contributed by atoms with van der Waals surface area (Å²) in [6, 6.07) is 12.4. The lowest BCUT2D eigenvalue weighted by Gasteiger charge is -2.58. The number of carbonyl (C=O) groups excluding carboxylic acids is 7. The molecule has 3 aliphatic heterocycles. The minimum atomic E-state index is -1.81. The van der Waals surface area contributed by atoms with Crippen LogP contribution < -0.4 is 15.0 Å². The van der Waals surface area contributed by atoms with Gasteiger partial charge in [-0.05, 0) is 199 Å². The second kappa shape index (κ2) is 40.9. The molecule has 24 nitrogen and oxygen atoms in total. The van der Waals surface area contributed by atoms with E-state index < -0.39 is 77.2 Å². The summed E-state index contributed by atoms with van der Waals surface area (Å²) in [7, 11) is 5.97. The summed E-state index contributed by atoms with van der Waals surface area (Å²) in [4.78, 5) is 102. The molecule has 2 saturated heterocycles. The molecule has 3 aromatic carbocycles. The molecule has 2 saturated carbocycles. The van der Waals surface area contributed by atoms with Crippen molar-refractivity contribution in [3.05, 3.63) is 117 Å². The van der Waals surface area contributed by atoms with E-state index in [1.165, 1.54) is 75.1 Å². The van der Waals surface area contributed by atoms with Gasteiger partial charge in [0.1, 0.15) is 40.7 Å². The van der Waals surface area contributed by atoms with Crippen molar-refractivity contribution < 1.29 is 97.4 Å². The lowest BCUT2D eigenvalue weighted by molar-refractivity contribution is -0.185. The fourth-order valence-electron chi connectivity index (χ4n) is 16.8. The number of esters is 2. The number of aromatic hydroxyl groups is 4. The third-order valence-electron chi connectivity index (χ3n) is 23.7. The van der Waals surface area contributed by atoms with Crippen LogP contribution in [0.5, 0.6) is 28.7 Å². The highest BCUT2D eigenvalue weighted by Gasteiger charge is 2.68. The van der Waals surface area contributed by atoms with Gasteiger partial charge in [-0.1, -0.05) is 131 Å². The average molecular weight is 1670 g/mol. The number of amides is 3. The van der Waals surface area contributed by atoms with Gasteiger partial charge in [-0.15, -0.1) is 24.8 Å². The van der Waals surface area contributed by atoms with Crippen LogP contribution in [0.2, 0.25) is 5.02 Å². The molecular formula is C83H117Cl5N4O20. The minimum Gasteiger partial charge on any atom is -0.504 e. The molecule has 4 bridgehead atoms. The van der Waals surface area contributed by atoms with E-state index in [-0.39, 0.29) is 105 Å². The molecule has 3 heterocycles. The summed E-state index contributed by atoms with van der Waals surface area (Å²) >= 11 is 17.8. The molecule has 29 heteroatoms. The first-order valence-electron chi connectivity index (χ1n) is 37.5. The van der Waals surface area contributed by atoms with Gasteiger partial charge in [-0.25, -0.2) is 9.59 Å². The highest BCUT2D eigenvalue weighted by atomic mass is 35.5. The van der Waals surface area contributed by atoms with Gasteiger partial charge in [0.15, 0.2) is 50.9 Å². The van der Waals surface area contributed by atoms with E-state index in [2.05, 4.69) is 46.0 Å². The van der Waals surface area contributed by atoms with Crippen LogP contribution in [0.3, 0.4) is 0 Å². The van der Waals surface area contributed by atoms with Crippen LogP contribution in [0.4, 0.5) is 10.5 Å². The number of likely N-dealkylation sites (N-methyl/N-ethyl adjacent to an activating group) is 1. The number of fused-ring (bicyclic) bond motifs is 10. The highest BCUT2D eigenvalue weighted by Crippen LogP contribution is 2.68. The van der Waals surface area contributed by atoms with Gasteiger partial charge in [0.05, 0.1) is 25.3 Å². The molecule has 4 fully saturated rings. The second-order valence-electron chi connectivity index (χ2n) is 31.1. The number of rotatable bonds is 15. The van der Waals surface area contributed by atoms with Crippen LogP contribution in [0.15, 0.2) is 95.6 Å². The number of alkyl carbamates (subject to hydrolysis) is 1. The number of aliphatic carboxylic acids is 1. The first-order chi connectivity index (χ1) is 51.3. The van der Waals surface area contributed by atoms with Crippen molar-refractivity contribution in [2.75, 3.05) is 46.3 Å². The Morgan fingerprint density at radius 3 is 1.87 bits per heavy atom. The van der Waals surface area contributed by atoms with Crippen molar-refractivity contribution in [1.29, 1.82) is 0 Å². The molecule has 3 aromatic rings. The summed E-state index contributed by atoms with van der Waals surface area (Å²) in [5.41, 5.74) is 2.23. The summed E-state index contributed by atoms with van der Waals surface area (Å²) in [5.74, 6) is -1.12. The number of hydrogen-bond donors (Lipinski definition) is 7. The number of benzene rings is 3. The van der Waals surface area contributed by atoms with E-state index in [9.17, 15) is 59.1 Å². The minimum absolute atomic E-state index is 0. The molecule has 112 heavy (non-hydrogen) atoms.